The van der Waals surface area contributed by atoms with Crippen LogP contribution in [0, 0.1) is 18.8 Å². The van der Waals surface area contributed by atoms with E-state index in [-0.39, 0.29) is 5.91 Å². The molecule has 5 nitrogen and oxygen atoms in total. The number of carbonyl (C=O) groups is 1. The molecule has 0 spiro atoms. The summed E-state index contributed by atoms with van der Waals surface area (Å²) in [7, 11) is 0. The smallest absolute Gasteiger partial charge is 0.251 e. The van der Waals surface area contributed by atoms with Crippen molar-refractivity contribution in [2.75, 3.05) is 13.1 Å². The fraction of sp³-hybridized carbons (Fsp3) is 0.250. The van der Waals surface area contributed by atoms with Gasteiger partial charge in [-0.1, -0.05) is 17.9 Å². The van der Waals surface area contributed by atoms with Crippen molar-refractivity contribution in [3.63, 3.8) is 0 Å². The molecule has 0 aliphatic carbocycles. The first-order valence-electron chi connectivity index (χ1n) is 6.74. The second kappa shape index (κ2) is 7.27. The first kappa shape index (κ1) is 14.8. The highest BCUT2D eigenvalue weighted by Gasteiger charge is 2.06. The minimum absolute atomic E-state index is 0.106. The molecule has 0 radical (unpaired) electrons. The first-order valence-corrected chi connectivity index (χ1v) is 6.74. The molecule has 0 atom stereocenters. The molecule has 2 aromatic rings. The summed E-state index contributed by atoms with van der Waals surface area (Å²) >= 11 is 0. The second-order valence-corrected chi connectivity index (χ2v) is 4.59. The molecule has 1 aromatic carbocycles. The molecule has 0 aliphatic heterocycles. The largest absolute Gasteiger partial charge is 0.350 e. The van der Waals surface area contributed by atoms with Crippen LogP contribution in [0.1, 0.15) is 21.5 Å². The summed E-state index contributed by atoms with van der Waals surface area (Å²) in [5.41, 5.74) is 7.85. The van der Waals surface area contributed by atoms with Crippen molar-refractivity contribution in [1.29, 1.82) is 0 Å². The highest BCUT2D eigenvalue weighted by Crippen LogP contribution is 2.10. The van der Waals surface area contributed by atoms with Gasteiger partial charge in [0.05, 0.1) is 12.9 Å². The van der Waals surface area contributed by atoms with E-state index in [1.807, 2.05) is 23.8 Å². The van der Waals surface area contributed by atoms with E-state index >= 15 is 0 Å². The number of nitrogens with two attached hydrogens (primary N) is 1. The number of nitrogens with zero attached hydrogens (tertiary/aromatic N) is 2. The second-order valence-electron chi connectivity index (χ2n) is 4.59. The number of benzene rings is 1. The monoisotopic (exact) mass is 282 g/mol. The summed E-state index contributed by atoms with van der Waals surface area (Å²) in [6.45, 7) is 3.51. The minimum Gasteiger partial charge on any atom is -0.350 e. The highest BCUT2D eigenvalue weighted by molar-refractivity contribution is 5.94. The molecule has 108 valence electrons. The van der Waals surface area contributed by atoms with Crippen molar-refractivity contribution < 1.29 is 4.79 Å². The van der Waals surface area contributed by atoms with Crippen LogP contribution in [0.5, 0.6) is 0 Å². The zero-order valence-electron chi connectivity index (χ0n) is 12.0. The van der Waals surface area contributed by atoms with E-state index in [4.69, 9.17) is 5.73 Å². The summed E-state index contributed by atoms with van der Waals surface area (Å²) < 4.78 is 1.91. The van der Waals surface area contributed by atoms with Gasteiger partial charge in [-0.25, -0.2) is 4.98 Å². The van der Waals surface area contributed by atoms with Crippen LogP contribution in [0.15, 0.2) is 36.9 Å². The van der Waals surface area contributed by atoms with Gasteiger partial charge in [0.1, 0.15) is 0 Å². The number of aromatic nitrogens is 2. The van der Waals surface area contributed by atoms with Crippen molar-refractivity contribution in [3.8, 4) is 11.8 Å². The first-order chi connectivity index (χ1) is 10.2. The minimum atomic E-state index is -0.106. The van der Waals surface area contributed by atoms with Gasteiger partial charge in [-0.05, 0) is 24.6 Å². The van der Waals surface area contributed by atoms with Gasteiger partial charge in [0.15, 0.2) is 0 Å². The summed E-state index contributed by atoms with van der Waals surface area (Å²) in [6.07, 6.45) is 5.29. The molecule has 0 unspecified atom stereocenters. The van der Waals surface area contributed by atoms with E-state index in [0.717, 1.165) is 11.1 Å². The summed E-state index contributed by atoms with van der Waals surface area (Å²) in [5, 5.41) is 2.88. The molecule has 2 rings (SSSR count). The van der Waals surface area contributed by atoms with Gasteiger partial charge < -0.3 is 15.6 Å². The number of imidazole rings is 1. The maximum atomic E-state index is 12.1. The quantitative estimate of drug-likeness (QED) is 0.819. The zero-order chi connectivity index (χ0) is 15.1. The average Bonchev–Trinajstić information content (AvgIpc) is 2.99. The molecule has 0 aliphatic rings. The van der Waals surface area contributed by atoms with Gasteiger partial charge in [-0.2, -0.15) is 0 Å². The third-order valence-corrected chi connectivity index (χ3v) is 3.04. The molecule has 1 aromatic heterocycles. The lowest BCUT2D eigenvalue weighted by molar-refractivity contribution is 0.0952. The SMILES string of the molecule is Cc1ccc(C(=O)NCCn2ccnc2)cc1C#CCN. The van der Waals surface area contributed by atoms with Crippen LogP contribution >= 0.6 is 0 Å². The average molecular weight is 282 g/mol. The number of hydrogen-bond acceptors (Lipinski definition) is 3. The van der Waals surface area contributed by atoms with E-state index in [1.165, 1.54) is 0 Å². The Morgan fingerprint density at radius 1 is 1.48 bits per heavy atom. The normalized spacial score (nSPS) is 9.81. The molecule has 0 saturated heterocycles. The van der Waals surface area contributed by atoms with Crippen molar-refractivity contribution in [2.24, 2.45) is 5.73 Å². The van der Waals surface area contributed by atoms with Crippen LogP contribution in [0.25, 0.3) is 0 Å². The van der Waals surface area contributed by atoms with Gasteiger partial charge in [-0.15, -0.1) is 0 Å². The number of carbonyl (C=O) groups excluding carboxylic acids is 1. The lowest BCUT2D eigenvalue weighted by Crippen LogP contribution is -2.27. The van der Waals surface area contributed by atoms with E-state index in [2.05, 4.69) is 22.1 Å². The van der Waals surface area contributed by atoms with Gasteiger partial charge >= 0.3 is 0 Å². The third-order valence-electron chi connectivity index (χ3n) is 3.04. The van der Waals surface area contributed by atoms with E-state index < -0.39 is 0 Å². The van der Waals surface area contributed by atoms with Crippen LogP contribution in [0.2, 0.25) is 0 Å². The lowest BCUT2D eigenvalue weighted by Gasteiger charge is -2.07. The summed E-state index contributed by atoms with van der Waals surface area (Å²) in [4.78, 5) is 16.1. The number of hydrogen-bond donors (Lipinski definition) is 2. The Morgan fingerprint density at radius 3 is 3.05 bits per heavy atom. The van der Waals surface area contributed by atoms with E-state index in [0.29, 0.717) is 25.2 Å². The van der Waals surface area contributed by atoms with Crippen LogP contribution in [0.3, 0.4) is 0 Å². The number of rotatable bonds is 4. The number of nitrogens with one attached hydrogen (secondary N) is 1. The van der Waals surface area contributed by atoms with E-state index in [1.54, 1.807) is 24.7 Å². The van der Waals surface area contributed by atoms with Crippen LogP contribution in [-0.4, -0.2) is 28.5 Å². The molecule has 1 heterocycles. The maximum Gasteiger partial charge on any atom is 0.251 e. The Balaban J connectivity index is 1.98. The molecule has 0 saturated carbocycles. The van der Waals surface area contributed by atoms with Crippen molar-refractivity contribution in [3.05, 3.63) is 53.6 Å². The predicted molar refractivity (Wildman–Crippen MR) is 81.7 cm³/mol. The number of aryl methyl sites for hydroxylation is 1. The Bertz CT molecular complexity index is 665. The Hall–Kier alpha value is -2.58. The fourth-order valence-electron chi connectivity index (χ4n) is 1.86. The third kappa shape index (κ3) is 4.20. The fourth-order valence-corrected chi connectivity index (χ4v) is 1.86. The van der Waals surface area contributed by atoms with Gasteiger partial charge in [0, 0.05) is 36.6 Å². The zero-order valence-corrected chi connectivity index (χ0v) is 12.0. The number of amides is 1. The molecule has 1 amide bonds. The Morgan fingerprint density at radius 2 is 2.33 bits per heavy atom. The Labute approximate surface area is 124 Å². The van der Waals surface area contributed by atoms with E-state index in [9.17, 15) is 4.79 Å². The topological polar surface area (TPSA) is 72.9 Å². The summed E-state index contributed by atoms with van der Waals surface area (Å²) in [6, 6.07) is 5.49. The lowest BCUT2D eigenvalue weighted by atomic mass is 10.0. The Kier molecular flexibility index (Phi) is 5.13. The molecular formula is C16H18N4O. The molecule has 3 N–H and O–H groups in total. The van der Waals surface area contributed by atoms with Crippen molar-refractivity contribution in [2.45, 2.75) is 13.5 Å². The van der Waals surface area contributed by atoms with Gasteiger partial charge in [0.2, 0.25) is 0 Å². The van der Waals surface area contributed by atoms with Crippen LogP contribution in [-0.2, 0) is 6.54 Å². The molecule has 5 heteroatoms. The molecule has 21 heavy (non-hydrogen) atoms. The maximum absolute atomic E-state index is 12.1. The predicted octanol–water partition coefficient (Wildman–Crippen LogP) is 0.932. The molecule has 0 bridgehead atoms. The van der Waals surface area contributed by atoms with Crippen LogP contribution < -0.4 is 11.1 Å². The summed E-state index contributed by atoms with van der Waals surface area (Å²) in [5.74, 6) is 5.68. The van der Waals surface area contributed by atoms with Crippen molar-refractivity contribution >= 4 is 5.91 Å². The van der Waals surface area contributed by atoms with Crippen molar-refractivity contribution in [1.82, 2.24) is 14.9 Å². The van der Waals surface area contributed by atoms with Gasteiger partial charge in [-0.3, -0.25) is 4.79 Å². The van der Waals surface area contributed by atoms with Crippen LogP contribution in [0.4, 0.5) is 0 Å². The standard InChI is InChI=1S/C16H18N4O/c1-13-4-5-15(11-14(13)3-2-6-17)16(21)19-8-10-20-9-7-18-12-20/h4-5,7,9,11-12H,6,8,10,17H2,1H3,(H,19,21). The highest BCUT2D eigenvalue weighted by atomic mass is 16.1. The molecular weight excluding hydrogens is 264 g/mol. The van der Waals surface area contributed by atoms with Gasteiger partial charge in [0.25, 0.3) is 5.91 Å². The molecule has 0 fully saturated rings.